The molecule has 0 spiro atoms. The summed E-state index contributed by atoms with van der Waals surface area (Å²) in [5.74, 6) is -1.20. The molecule has 1 aliphatic carbocycles. The molecule has 0 atom stereocenters. The lowest BCUT2D eigenvalue weighted by atomic mass is 10.1. The molecule has 6 nitrogen and oxygen atoms in total. The van der Waals surface area contributed by atoms with Crippen LogP contribution >= 0.6 is 11.3 Å². The van der Waals surface area contributed by atoms with Gasteiger partial charge in [0.2, 0.25) is 0 Å². The number of hydrogen-bond donors (Lipinski definition) is 3. The molecule has 2 aromatic heterocycles. The lowest BCUT2D eigenvalue weighted by molar-refractivity contribution is -0.143. The molecule has 0 aromatic carbocycles. The zero-order valence-corrected chi connectivity index (χ0v) is 11.4. The van der Waals surface area contributed by atoms with Crippen LogP contribution in [0.1, 0.15) is 23.3 Å². The number of nitrogens with zero attached hydrogens (tertiary/aromatic N) is 1. The molecule has 0 radical (unpaired) electrons. The van der Waals surface area contributed by atoms with E-state index in [-0.39, 0.29) is 18.1 Å². The Balaban J connectivity index is 1.65. The van der Waals surface area contributed by atoms with Gasteiger partial charge in [-0.2, -0.15) is 5.10 Å². The largest absolute Gasteiger partial charge is 0.481 e. The van der Waals surface area contributed by atoms with E-state index in [1.807, 2.05) is 17.5 Å². The summed E-state index contributed by atoms with van der Waals surface area (Å²) in [7, 11) is 0. The van der Waals surface area contributed by atoms with Crippen LogP contribution in [-0.2, 0) is 4.79 Å². The van der Waals surface area contributed by atoms with Gasteiger partial charge in [-0.1, -0.05) is 6.07 Å². The van der Waals surface area contributed by atoms with Crippen molar-refractivity contribution in [2.45, 2.75) is 12.8 Å². The molecule has 3 rings (SSSR count). The van der Waals surface area contributed by atoms with Crippen LogP contribution in [0.2, 0.25) is 0 Å². The number of amides is 1. The van der Waals surface area contributed by atoms with Gasteiger partial charge in [0.15, 0.2) is 5.69 Å². The zero-order chi connectivity index (χ0) is 14.2. The van der Waals surface area contributed by atoms with E-state index < -0.39 is 11.4 Å². The summed E-state index contributed by atoms with van der Waals surface area (Å²) in [6.45, 7) is 0.155. The fourth-order valence-corrected chi connectivity index (χ4v) is 2.65. The highest BCUT2D eigenvalue weighted by Gasteiger charge is 2.50. The van der Waals surface area contributed by atoms with Gasteiger partial charge in [0.25, 0.3) is 5.91 Å². The van der Waals surface area contributed by atoms with Crippen LogP contribution < -0.4 is 5.32 Å². The van der Waals surface area contributed by atoms with Gasteiger partial charge in [-0.05, 0) is 30.4 Å². The van der Waals surface area contributed by atoms with Crippen molar-refractivity contribution in [1.82, 2.24) is 15.5 Å². The van der Waals surface area contributed by atoms with E-state index in [0.29, 0.717) is 12.8 Å². The first-order valence-corrected chi connectivity index (χ1v) is 7.10. The molecule has 1 fully saturated rings. The second-order valence-corrected chi connectivity index (χ2v) is 5.86. The van der Waals surface area contributed by atoms with Crippen molar-refractivity contribution >= 4 is 23.2 Å². The number of aliphatic carboxylic acids is 1. The van der Waals surface area contributed by atoms with Gasteiger partial charge in [-0.3, -0.25) is 14.7 Å². The van der Waals surface area contributed by atoms with Crippen molar-refractivity contribution < 1.29 is 14.7 Å². The third-order valence-electron chi connectivity index (χ3n) is 3.49. The number of carboxylic acid groups (broad SMARTS) is 1. The molecule has 2 aromatic rings. The molecule has 1 aliphatic rings. The molecule has 0 unspecified atom stereocenters. The normalized spacial score (nSPS) is 15.8. The van der Waals surface area contributed by atoms with E-state index in [0.717, 1.165) is 10.6 Å². The van der Waals surface area contributed by atoms with Crippen molar-refractivity contribution in [3.8, 4) is 10.6 Å². The minimum absolute atomic E-state index is 0.155. The fraction of sp³-hybridized carbons (Fsp3) is 0.308. The summed E-state index contributed by atoms with van der Waals surface area (Å²) in [5.41, 5.74) is 0.293. The summed E-state index contributed by atoms with van der Waals surface area (Å²) in [5, 5.41) is 20.4. The summed E-state index contributed by atoms with van der Waals surface area (Å²) < 4.78 is 0. The maximum atomic E-state index is 11.9. The number of carboxylic acids is 1. The molecular formula is C13H13N3O3S. The van der Waals surface area contributed by atoms with Crippen LogP contribution in [0.4, 0.5) is 0 Å². The monoisotopic (exact) mass is 291 g/mol. The Morgan fingerprint density at radius 1 is 1.50 bits per heavy atom. The fourth-order valence-electron chi connectivity index (χ4n) is 1.95. The Morgan fingerprint density at radius 2 is 2.30 bits per heavy atom. The van der Waals surface area contributed by atoms with Crippen LogP contribution in [0.3, 0.4) is 0 Å². The molecule has 1 amide bonds. The van der Waals surface area contributed by atoms with Crippen LogP contribution in [0.5, 0.6) is 0 Å². The lowest BCUT2D eigenvalue weighted by Crippen LogP contribution is -2.34. The first-order chi connectivity index (χ1) is 9.61. The number of thiophene rings is 1. The Kier molecular flexibility index (Phi) is 3.06. The molecule has 0 aliphatic heterocycles. The van der Waals surface area contributed by atoms with Gasteiger partial charge < -0.3 is 10.4 Å². The number of rotatable bonds is 5. The third-order valence-corrected chi connectivity index (χ3v) is 4.39. The zero-order valence-electron chi connectivity index (χ0n) is 10.5. The number of nitrogens with one attached hydrogen (secondary N) is 2. The first kappa shape index (κ1) is 12.9. The highest BCUT2D eigenvalue weighted by atomic mass is 32.1. The molecule has 20 heavy (non-hydrogen) atoms. The van der Waals surface area contributed by atoms with Crippen LogP contribution in [-0.4, -0.2) is 33.7 Å². The van der Waals surface area contributed by atoms with Gasteiger partial charge in [-0.15, -0.1) is 11.3 Å². The van der Waals surface area contributed by atoms with Crippen molar-refractivity contribution in [2.24, 2.45) is 5.41 Å². The molecular weight excluding hydrogens is 278 g/mol. The Hall–Kier alpha value is -2.15. The first-order valence-electron chi connectivity index (χ1n) is 6.22. The molecule has 104 valence electrons. The predicted octanol–water partition coefficient (Wildman–Crippen LogP) is 1.73. The molecule has 2 heterocycles. The van der Waals surface area contributed by atoms with Crippen molar-refractivity contribution in [2.75, 3.05) is 6.54 Å². The van der Waals surface area contributed by atoms with E-state index in [4.69, 9.17) is 5.11 Å². The highest BCUT2D eigenvalue weighted by Crippen LogP contribution is 2.45. The van der Waals surface area contributed by atoms with Crippen LogP contribution in [0.25, 0.3) is 10.6 Å². The number of carbonyl (C=O) groups excluding carboxylic acids is 1. The number of H-pyrrole nitrogens is 1. The van der Waals surface area contributed by atoms with Crippen molar-refractivity contribution in [3.63, 3.8) is 0 Å². The average Bonchev–Trinajstić information content (AvgIpc) is 2.87. The van der Waals surface area contributed by atoms with Gasteiger partial charge in [0.1, 0.15) is 0 Å². The number of carbonyl (C=O) groups is 2. The average molecular weight is 291 g/mol. The van der Waals surface area contributed by atoms with Gasteiger partial charge in [-0.25, -0.2) is 0 Å². The maximum Gasteiger partial charge on any atom is 0.311 e. The molecule has 0 bridgehead atoms. The second-order valence-electron chi connectivity index (χ2n) is 4.91. The Bertz CT molecular complexity index is 644. The third kappa shape index (κ3) is 2.32. The van der Waals surface area contributed by atoms with E-state index in [1.54, 1.807) is 17.4 Å². The smallest absolute Gasteiger partial charge is 0.311 e. The van der Waals surface area contributed by atoms with Gasteiger partial charge >= 0.3 is 5.97 Å². The van der Waals surface area contributed by atoms with Crippen molar-refractivity contribution in [3.05, 3.63) is 29.3 Å². The van der Waals surface area contributed by atoms with Crippen LogP contribution in [0, 0.1) is 5.41 Å². The highest BCUT2D eigenvalue weighted by molar-refractivity contribution is 7.13. The summed E-state index contributed by atoms with van der Waals surface area (Å²) in [6.07, 6.45) is 1.23. The van der Waals surface area contributed by atoms with Gasteiger partial charge in [0, 0.05) is 6.54 Å². The molecule has 0 saturated heterocycles. The lowest BCUT2D eigenvalue weighted by Gasteiger charge is -2.09. The standard InChI is InChI=1S/C13H13N3O3S/c17-11(14-7-13(3-4-13)12(18)19)9-6-8(15-16-9)10-2-1-5-20-10/h1-2,5-6H,3-4,7H2,(H,14,17)(H,15,16)(H,18,19). The van der Waals surface area contributed by atoms with E-state index in [2.05, 4.69) is 15.5 Å². The van der Waals surface area contributed by atoms with E-state index in [9.17, 15) is 9.59 Å². The predicted molar refractivity (Wildman–Crippen MR) is 73.5 cm³/mol. The maximum absolute atomic E-state index is 11.9. The molecule has 3 N–H and O–H groups in total. The van der Waals surface area contributed by atoms with Crippen molar-refractivity contribution in [1.29, 1.82) is 0 Å². The Labute approximate surface area is 118 Å². The molecule has 1 saturated carbocycles. The summed E-state index contributed by atoms with van der Waals surface area (Å²) in [6, 6.07) is 5.52. The van der Waals surface area contributed by atoms with Crippen LogP contribution in [0.15, 0.2) is 23.6 Å². The number of aromatic nitrogens is 2. The van der Waals surface area contributed by atoms with Gasteiger partial charge in [0.05, 0.1) is 16.0 Å². The quantitative estimate of drug-likeness (QED) is 0.782. The van der Waals surface area contributed by atoms with E-state index in [1.165, 1.54) is 0 Å². The van der Waals surface area contributed by atoms with E-state index >= 15 is 0 Å². The topological polar surface area (TPSA) is 95.1 Å². The number of aromatic amines is 1. The SMILES string of the molecule is O=C(NCC1(C(=O)O)CC1)c1cc(-c2cccs2)[nH]n1. The second kappa shape index (κ2) is 4.75. The number of hydrogen-bond acceptors (Lipinski definition) is 4. The minimum atomic E-state index is -0.848. The minimum Gasteiger partial charge on any atom is -0.481 e. The Morgan fingerprint density at radius 3 is 2.90 bits per heavy atom. The summed E-state index contributed by atoms with van der Waals surface area (Å²) >= 11 is 1.55. The molecule has 7 heteroatoms. The summed E-state index contributed by atoms with van der Waals surface area (Å²) in [4.78, 5) is 24.0.